The highest BCUT2D eigenvalue weighted by molar-refractivity contribution is 6.41. The Hall–Kier alpha value is -1.30. The van der Waals surface area contributed by atoms with Crippen LogP contribution in [0.3, 0.4) is 0 Å². The average Bonchev–Trinajstić information content (AvgIpc) is 2.63. The van der Waals surface area contributed by atoms with E-state index in [2.05, 4.69) is 20.3 Å². The molecule has 8 heteroatoms. The van der Waals surface area contributed by atoms with Crippen molar-refractivity contribution < 1.29 is 4.79 Å². The zero-order valence-electron chi connectivity index (χ0n) is 8.17. The number of nitrogens with one attached hydrogen (secondary N) is 2. The first-order valence-electron chi connectivity index (χ1n) is 4.39. The summed E-state index contributed by atoms with van der Waals surface area (Å²) in [6, 6.07) is 1.42. The lowest BCUT2D eigenvalue weighted by Gasteiger charge is -2.01. The molecule has 0 fully saturated rings. The second-order valence-corrected chi connectivity index (χ2v) is 4.20. The second kappa shape index (κ2) is 4.91. The molecule has 0 radical (unpaired) electrons. The third-order valence-corrected chi connectivity index (χ3v) is 2.72. The van der Waals surface area contributed by atoms with Gasteiger partial charge in [-0.25, -0.2) is 9.97 Å². The predicted molar refractivity (Wildman–Crippen MR) is 65.8 cm³/mol. The molecule has 0 saturated carbocycles. The number of aromatic amines is 1. The van der Waals surface area contributed by atoms with Crippen molar-refractivity contribution in [3.05, 3.63) is 39.5 Å². The van der Waals surface area contributed by atoms with E-state index >= 15 is 0 Å². The van der Waals surface area contributed by atoms with Crippen LogP contribution < -0.4 is 5.32 Å². The third-order valence-electron chi connectivity index (χ3n) is 1.83. The lowest BCUT2D eigenvalue weighted by molar-refractivity contribution is 0.102. The number of carbonyl (C=O) groups is 1. The summed E-state index contributed by atoms with van der Waals surface area (Å²) in [5, 5.41) is 3.23. The molecule has 0 aromatic carbocycles. The molecular weight excluding hydrogens is 286 g/mol. The Kier molecular flexibility index (Phi) is 3.51. The van der Waals surface area contributed by atoms with Gasteiger partial charge < -0.3 is 10.3 Å². The maximum absolute atomic E-state index is 11.7. The van der Waals surface area contributed by atoms with Gasteiger partial charge in [-0.1, -0.05) is 34.8 Å². The molecule has 0 atom stereocenters. The second-order valence-electron chi connectivity index (χ2n) is 3.02. The van der Waals surface area contributed by atoms with Crippen LogP contribution >= 0.6 is 34.8 Å². The molecule has 2 aromatic heterocycles. The van der Waals surface area contributed by atoms with Gasteiger partial charge in [-0.05, 0) is 6.07 Å². The molecule has 0 saturated heterocycles. The highest BCUT2D eigenvalue weighted by atomic mass is 35.5. The first-order valence-corrected chi connectivity index (χ1v) is 5.52. The molecule has 0 aliphatic rings. The number of nitrogens with zero attached hydrogens (tertiary/aromatic N) is 2. The van der Waals surface area contributed by atoms with Gasteiger partial charge in [0.05, 0.1) is 17.4 Å². The van der Waals surface area contributed by atoms with Gasteiger partial charge in [-0.2, -0.15) is 0 Å². The molecular formula is C9H5Cl3N4O. The van der Waals surface area contributed by atoms with Crippen molar-refractivity contribution in [2.75, 3.05) is 5.32 Å². The molecule has 1 amide bonds. The summed E-state index contributed by atoms with van der Waals surface area (Å²) in [5.41, 5.74) is 0.233. The standard InChI is InChI=1S/C9H5Cl3N4O/c10-4-1-5(15-8(4)12)9(17)16-7-3-13-6(11)2-14-7/h1-3,15H,(H,14,16,17). The molecule has 2 heterocycles. The maximum Gasteiger partial charge on any atom is 0.273 e. The Balaban J connectivity index is 2.14. The molecule has 88 valence electrons. The number of hydrogen-bond donors (Lipinski definition) is 2. The van der Waals surface area contributed by atoms with Crippen LogP contribution in [0, 0.1) is 0 Å². The van der Waals surface area contributed by atoms with Gasteiger partial charge in [0.1, 0.15) is 16.0 Å². The van der Waals surface area contributed by atoms with Crippen molar-refractivity contribution in [1.82, 2.24) is 15.0 Å². The van der Waals surface area contributed by atoms with Crippen molar-refractivity contribution in [2.45, 2.75) is 0 Å². The summed E-state index contributed by atoms with van der Waals surface area (Å²) in [4.78, 5) is 22.0. The Morgan fingerprint density at radius 2 is 2.00 bits per heavy atom. The van der Waals surface area contributed by atoms with E-state index in [0.29, 0.717) is 0 Å². The Bertz CT molecular complexity index is 532. The smallest absolute Gasteiger partial charge is 0.273 e. The minimum Gasteiger partial charge on any atom is -0.340 e. The van der Waals surface area contributed by atoms with E-state index < -0.39 is 5.91 Å². The zero-order chi connectivity index (χ0) is 12.4. The largest absolute Gasteiger partial charge is 0.340 e. The van der Waals surface area contributed by atoms with E-state index in [1.807, 2.05) is 0 Å². The highest BCUT2D eigenvalue weighted by Crippen LogP contribution is 2.22. The van der Waals surface area contributed by atoms with E-state index in [4.69, 9.17) is 34.8 Å². The summed E-state index contributed by atoms with van der Waals surface area (Å²) < 4.78 is 0. The van der Waals surface area contributed by atoms with Crippen LogP contribution in [0.2, 0.25) is 15.3 Å². The molecule has 2 aromatic rings. The molecule has 17 heavy (non-hydrogen) atoms. The van der Waals surface area contributed by atoms with Gasteiger partial charge in [-0.15, -0.1) is 0 Å². The van der Waals surface area contributed by atoms with Crippen molar-refractivity contribution in [3.8, 4) is 0 Å². The lowest BCUT2D eigenvalue weighted by Crippen LogP contribution is -2.13. The predicted octanol–water partition coefficient (Wildman–Crippen LogP) is 3.02. The van der Waals surface area contributed by atoms with Crippen LogP contribution in [0.4, 0.5) is 5.82 Å². The first kappa shape index (κ1) is 12.2. The normalized spacial score (nSPS) is 10.3. The lowest BCUT2D eigenvalue weighted by atomic mass is 10.4. The fraction of sp³-hybridized carbons (Fsp3) is 0. The van der Waals surface area contributed by atoms with Gasteiger partial charge >= 0.3 is 0 Å². The van der Waals surface area contributed by atoms with Crippen molar-refractivity contribution >= 4 is 46.5 Å². The quantitative estimate of drug-likeness (QED) is 0.893. The van der Waals surface area contributed by atoms with Gasteiger partial charge in [-0.3, -0.25) is 4.79 Å². The molecule has 0 aliphatic heterocycles. The summed E-state index contributed by atoms with van der Waals surface area (Å²) in [6.07, 6.45) is 2.66. The minimum atomic E-state index is -0.421. The van der Waals surface area contributed by atoms with E-state index in [1.54, 1.807) is 0 Å². The monoisotopic (exact) mass is 290 g/mol. The minimum absolute atomic E-state index is 0.207. The van der Waals surface area contributed by atoms with E-state index in [-0.39, 0.29) is 26.8 Å². The molecule has 2 rings (SSSR count). The van der Waals surface area contributed by atoms with E-state index in [1.165, 1.54) is 18.5 Å². The number of carbonyl (C=O) groups excluding carboxylic acids is 1. The summed E-state index contributed by atoms with van der Waals surface area (Å²) >= 11 is 17.0. The van der Waals surface area contributed by atoms with Crippen LogP contribution in [-0.4, -0.2) is 20.9 Å². The molecule has 0 aliphatic carbocycles. The van der Waals surface area contributed by atoms with Crippen LogP contribution in [0.5, 0.6) is 0 Å². The number of rotatable bonds is 2. The van der Waals surface area contributed by atoms with Gasteiger partial charge in [0.15, 0.2) is 5.82 Å². The number of halogens is 3. The Morgan fingerprint density at radius 3 is 2.53 bits per heavy atom. The fourth-order valence-electron chi connectivity index (χ4n) is 1.09. The Morgan fingerprint density at radius 1 is 1.24 bits per heavy atom. The van der Waals surface area contributed by atoms with E-state index in [9.17, 15) is 4.79 Å². The van der Waals surface area contributed by atoms with Crippen LogP contribution in [0.1, 0.15) is 10.5 Å². The van der Waals surface area contributed by atoms with Gasteiger partial charge in [0, 0.05) is 0 Å². The number of anilines is 1. The van der Waals surface area contributed by atoms with Crippen molar-refractivity contribution in [3.63, 3.8) is 0 Å². The number of aromatic nitrogens is 3. The van der Waals surface area contributed by atoms with Gasteiger partial charge in [0.25, 0.3) is 5.91 Å². The number of amides is 1. The maximum atomic E-state index is 11.7. The highest BCUT2D eigenvalue weighted by Gasteiger charge is 2.12. The molecule has 0 unspecified atom stereocenters. The number of H-pyrrole nitrogens is 1. The van der Waals surface area contributed by atoms with Crippen LogP contribution in [-0.2, 0) is 0 Å². The van der Waals surface area contributed by atoms with Crippen LogP contribution in [0.15, 0.2) is 18.5 Å². The SMILES string of the molecule is O=C(Nc1cnc(Cl)cn1)c1cc(Cl)c(Cl)[nH]1. The molecule has 0 spiro atoms. The first-order chi connectivity index (χ1) is 8.06. The van der Waals surface area contributed by atoms with Crippen molar-refractivity contribution in [2.24, 2.45) is 0 Å². The van der Waals surface area contributed by atoms with Crippen molar-refractivity contribution in [1.29, 1.82) is 0 Å². The Labute approximate surface area is 111 Å². The van der Waals surface area contributed by atoms with Crippen LogP contribution in [0.25, 0.3) is 0 Å². The third kappa shape index (κ3) is 2.88. The molecule has 5 nitrogen and oxygen atoms in total. The van der Waals surface area contributed by atoms with E-state index in [0.717, 1.165) is 0 Å². The summed E-state index contributed by atoms with van der Waals surface area (Å²) in [5.74, 6) is -0.142. The fourth-order valence-corrected chi connectivity index (χ4v) is 1.50. The number of hydrogen-bond acceptors (Lipinski definition) is 3. The summed E-state index contributed by atoms with van der Waals surface area (Å²) in [6.45, 7) is 0. The topological polar surface area (TPSA) is 70.7 Å². The molecule has 0 bridgehead atoms. The molecule has 2 N–H and O–H groups in total. The van der Waals surface area contributed by atoms with Gasteiger partial charge in [0.2, 0.25) is 0 Å². The average molecular weight is 292 g/mol. The summed E-state index contributed by atoms with van der Waals surface area (Å²) in [7, 11) is 0. The zero-order valence-corrected chi connectivity index (χ0v) is 10.4.